The molecule has 0 saturated carbocycles. The van der Waals surface area contributed by atoms with E-state index in [1.807, 2.05) is 58.9 Å². The van der Waals surface area contributed by atoms with Crippen LogP contribution in [-0.4, -0.2) is 57.6 Å². The fraction of sp³-hybridized carbons (Fsp3) is 0.344. The third kappa shape index (κ3) is 5.19. The van der Waals surface area contributed by atoms with Gasteiger partial charge in [-0.25, -0.2) is 15.0 Å². The Morgan fingerprint density at radius 2 is 1.00 bits per heavy atom. The zero-order valence-corrected chi connectivity index (χ0v) is 25.6. The summed E-state index contributed by atoms with van der Waals surface area (Å²) in [6, 6.07) is 7.66. The van der Waals surface area contributed by atoms with Gasteiger partial charge < -0.3 is 28.4 Å². The van der Waals surface area contributed by atoms with Crippen molar-refractivity contribution < 1.29 is 28.4 Å². The van der Waals surface area contributed by atoms with E-state index in [9.17, 15) is 0 Å². The minimum absolute atomic E-state index is 0.433. The van der Waals surface area contributed by atoms with Crippen LogP contribution in [0.1, 0.15) is 27.8 Å². The highest BCUT2D eigenvalue weighted by Crippen LogP contribution is 2.44. The molecule has 41 heavy (non-hydrogen) atoms. The summed E-state index contributed by atoms with van der Waals surface area (Å²) in [4.78, 5) is 15.0. The zero-order chi connectivity index (χ0) is 30.0. The number of methoxy groups -OCH3 is 6. The molecule has 4 rings (SSSR count). The normalized spacial score (nSPS) is 10.8. The van der Waals surface area contributed by atoms with Crippen LogP contribution < -0.4 is 28.4 Å². The molecule has 9 heteroatoms. The lowest BCUT2D eigenvalue weighted by Gasteiger charge is -2.20. The Hall–Kier alpha value is -4.53. The van der Waals surface area contributed by atoms with Crippen molar-refractivity contribution in [3.63, 3.8) is 0 Å². The van der Waals surface area contributed by atoms with Crippen molar-refractivity contribution in [2.24, 2.45) is 0 Å². The van der Waals surface area contributed by atoms with E-state index in [-0.39, 0.29) is 0 Å². The summed E-state index contributed by atoms with van der Waals surface area (Å²) in [6.07, 6.45) is 0. The maximum absolute atomic E-state index is 5.89. The van der Waals surface area contributed by atoms with Gasteiger partial charge in [-0.2, -0.15) is 0 Å². The van der Waals surface area contributed by atoms with Crippen molar-refractivity contribution in [3.05, 3.63) is 52.1 Å². The number of hydrogen-bond acceptors (Lipinski definition) is 9. The smallest absolute Gasteiger partial charge is 0.168 e. The fourth-order valence-corrected chi connectivity index (χ4v) is 5.30. The third-order valence-electron chi connectivity index (χ3n) is 7.21. The van der Waals surface area contributed by atoms with E-state index in [2.05, 4.69) is 0 Å². The molecule has 1 aromatic heterocycles. The van der Waals surface area contributed by atoms with Crippen LogP contribution in [0.2, 0.25) is 0 Å². The Morgan fingerprint density at radius 1 is 0.439 bits per heavy atom. The Labute approximate surface area is 241 Å². The second-order valence-electron chi connectivity index (χ2n) is 9.69. The first-order chi connectivity index (χ1) is 19.6. The molecule has 0 aliphatic carbocycles. The Bertz CT molecular complexity index is 1620. The number of ether oxygens (including phenoxy) is 6. The number of aryl methyl sites for hydroxylation is 3. The van der Waals surface area contributed by atoms with Crippen molar-refractivity contribution in [3.8, 4) is 68.7 Å². The molecule has 0 bridgehead atoms. The molecule has 1 heterocycles. The van der Waals surface area contributed by atoms with E-state index in [1.165, 1.54) is 0 Å². The Morgan fingerprint density at radius 3 is 1.56 bits per heavy atom. The summed E-state index contributed by atoms with van der Waals surface area (Å²) < 4.78 is 34.3. The minimum atomic E-state index is 0.433. The predicted molar refractivity (Wildman–Crippen MR) is 159 cm³/mol. The molecule has 0 unspecified atom stereocenters. The van der Waals surface area contributed by atoms with E-state index in [0.29, 0.717) is 51.8 Å². The molecular formula is C32H37N3O6. The van der Waals surface area contributed by atoms with Gasteiger partial charge in [-0.15, -0.1) is 0 Å². The van der Waals surface area contributed by atoms with Gasteiger partial charge in [-0.3, -0.25) is 0 Å². The lowest BCUT2D eigenvalue weighted by atomic mass is 10.0. The molecule has 0 radical (unpaired) electrons. The quantitative estimate of drug-likeness (QED) is 0.229. The fourth-order valence-electron chi connectivity index (χ4n) is 5.30. The van der Waals surface area contributed by atoms with E-state index < -0.39 is 0 Å². The Balaban J connectivity index is 2.15. The lowest BCUT2D eigenvalue weighted by Crippen LogP contribution is -2.07. The van der Waals surface area contributed by atoms with Crippen LogP contribution in [0.15, 0.2) is 24.3 Å². The van der Waals surface area contributed by atoms with Crippen LogP contribution in [0.4, 0.5) is 0 Å². The summed E-state index contributed by atoms with van der Waals surface area (Å²) in [5.74, 6) is 5.26. The maximum atomic E-state index is 5.89. The van der Waals surface area contributed by atoms with Crippen molar-refractivity contribution in [2.75, 3.05) is 42.7 Å². The van der Waals surface area contributed by atoms with Gasteiger partial charge in [-0.05, 0) is 69.5 Å². The van der Waals surface area contributed by atoms with Gasteiger partial charge >= 0.3 is 0 Å². The van der Waals surface area contributed by atoms with Crippen molar-refractivity contribution >= 4 is 0 Å². The summed E-state index contributed by atoms with van der Waals surface area (Å²) in [5.41, 5.74) is 6.55. The molecule has 0 atom stereocenters. The third-order valence-corrected chi connectivity index (χ3v) is 7.21. The van der Waals surface area contributed by atoms with Crippen LogP contribution >= 0.6 is 0 Å². The average molecular weight is 560 g/mol. The van der Waals surface area contributed by atoms with Crippen LogP contribution in [0.5, 0.6) is 34.5 Å². The zero-order valence-electron chi connectivity index (χ0n) is 25.6. The summed E-state index contributed by atoms with van der Waals surface area (Å²) >= 11 is 0. The van der Waals surface area contributed by atoms with Gasteiger partial charge in [0.25, 0.3) is 0 Å². The highest BCUT2D eigenvalue weighted by Gasteiger charge is 2.25. The maximum Gasteiger partial charge on any atom is 0.168 e. The molecule has 0 aliphatic heterocycles. The average Bonchev–Trinajstić information content (AvgIpc) is 2.96. The first kappa shape index (κ1) is 29.5. The summed E-state index contributed by atoms with van der Waals surface area (Å²) in [7, 11) is 9.77. The molecule has 0 saturated heterocycles. The number of aromatic nitrogens is 3. The molecule has 0 spiro atoms. The first-order valence-electron chi connectivity index (χ1n) is 13.1. The molecule has 0 amide bonds. The molecule has 9 nitrogen and oxygen atoms in total. The number of benzene rings is 3. The van der Waals surface area contributed by atoms with Crippen molar-refractivity contribution in [1.82, 2.24) is 15.0 Å². The summed E-state index contributed by atoms with van der Waals surface area (Å²) in [5, 5.41) is 0. The van der Waals surface area contributed by atoms with E-state index in [1.54, 1.807) is 42.7 Å². The molecule has 0 aliphatic rings. The monoisotopic (exact) mass is 559 g/mol. The molecule has 0 fully saturated rings. The standard InChI is InChI=1S/C32H37N3O6/c1-16-12-21(36-6)15-24(38-8)25(16)31-33-30(22-13-18(3)27(39-9)20(5)28(22)40-10)34-32(35-31)26-17(2)14-23(37-7)19(4)29(26)41-11/h12-15H,1-11H3. The van der Waals surface area contributed by atoms with Crippen molar-refractivity contribution in [2.45, 2.75) is 34.6 Å². The molecule has 4 aromatic rings. The SMILES string of the molecule is COc1cc(C)c(-c2nc(-c3cc(C)c(OC)c(C)c3OC)nc(-c3c(C)cc(OC)c(C)c3OC)n2)c(OC)c1. The van der Waals surface area contributed by atoms with Gasteiger partial charge in [0.15, 0.2) is 17.5 Å². The first-order valence-corrected chi connectivity index (χ1v) is 13.1. The van der Waals surface area contributed by atoms with Gasteiger partial charge in [0, 0.05) is 17.2 Å². The van der Waals surface area contributed by atoms with Gasteiger partial charge in [-0.1, -0.05) is 0 Å². The molecule has 3 aromatic carbocycles. The summed E-state index contributed by atoms with van der Waals surface area (Å²) in [6.45, 7) is 9.82. The lowest BCUT2D eigenvalue weighted by molar-refractivity contribution is 0.387. The number of nitrogens with zero attached hydrogens (tertiary/aromatic N) is 3. The Kier molecular flexibility index (Phi) is 8.56. The van der Waals surface area contributed by atoms with E-state index >= 15 is 0 Å². The molecular weight excluding hydrogens is 522 g/mol. The topological polar surface area (TPSA) is 94.1 Å². The van der Waals surface area contributed by atoms with Crippen LogP contribution in [0.3, 0.4) is 0 Å². The van der Waals surface area contributed by atoms with Crippen LogP contribution in [0, 0.1) is 34.6 Å². The highest BCUT2D eigenvalue weighted by molar-refractivity contribution is 5.79. The van der Waals surface area contributed by atoms with Crippen LogP contribution in [0.25, 0.3) is 34.2 Å². The number of rotatable bonds is 9. The second kappa shape index (κ2) is 11.9. The van der Waals surface area contributed by atoms with E-state index in [4.69, 9.17) is 43.4 Å². The highest BCUT2D eigenvalue weighted by atomic mass is 16.5. The number of hydrogen-bond donors (Lipinski definition) is 0. The van der Waals surface area contributed by atoms with Crippen molar-refractivity contribution in [1.29, 1.82) is 0 Å². The molecule has 216 valence electrons. The second-order valence-corrected chi connectivity index (χ2v) is 9.69. The largest absolute Gasteiger partial charge is 0.497 e. The van der Waals surface area contributed by atoms with Gasteiger partial charge in [0.1, 0.15) is 34.5 Å². The van der Waals surface area contributed by atoms with E-state index in [0.717, 1.165) is 44.7 Å². The van der Waals surface area contributed by atoms with Gasteiger partial charge in [0.05, 0.1) is 59.3 Å². The van der Waals surface area contributed by atoms with Gasteiger partial charge in [0.2, 0.25) is 0 Å². The molecule has 0 N–H and O–H groups in total. The van der Waals surface area contributed by atoms with Crippen LogP contribution in [-0.2, 0) is 0 Å². The minimum Gasteiger partial charge on any atom is -0.497 e. The predicted octanol–water partition coefficient (Wildman–Crippen LogP) is 6.47.